The van der Waals surface area contributed by atoms with Gasteiger partial charge in [-0.2, -0.15) is 0 Å². The van der Waals surface area contributed by atoms with E-state index >= 15 is 0 Å². The molecule has 0 amide bonds. The molecule has 528 valence electrons. The van der Waals surface area contributed by atoms with Crippen molar-refractivity contribution in [2.75, 3.05) is 39.6 Å². The Labute approximate surface area is 543 Å². The molecule has 0 aromatic rings. The van der Waals surface area contributed by atoms with E-state index in [0.717, 1.165) is 108 Å². The maximum Gasteiger partial charge on any atom is 0.472 e. The molecule has 2 unspecified atom stereocenters. The summed E-state index contributed by atoms with van der Waals surface area (Å²) in [6.45, 7) is 11.8. The van der Waals surface area contributed by atoms with Crippen LogP contribution in [0.5, 0.6) is 0 Å². The fourth-order valence-corrected chi connectivity index (χ4v) is 12.1. The summed E-state index contributed by atoms with van der Waals surface area (Å²) in [7, 11) is -9.90. The van der Waals surface area contributed by atoms with Gasteiger partial charge in [0.15, 0.2) is 12.2 Å². The van der Waals surface area contributed by atoms with Gasteiger partial charge in [-0.3, -0.25) is 37.3 Å². The number of hydrogen-bond acceptors (Lipinski definition) is 15. The highest BCUT2D eigenvalue weighted by Crippen LogP contribution is 2.45. The number of aliphatic hydroxyl groups is 1. The van der Waals surface area contributed by atoms with Crippen LogP contribution in [0.1, 0.15) is 350 Å². The van der Waals surface area contributed by atoms with E-state index in [1.165, 1.54) is 154 Å². The Morgan fingerprint density at radius 1 is 0.303 bits per heavy atom. The number of phosphoric ester groups is 2. The standard InChI is InChI=1S/C70H136O17P2/c1-8-9-10-11-12-29-37-44-51-67(72)80-58-66(87-70(75)54-47-40-33-32-36-43-50-63(6)7)60-85-89(78,79)83-56-64(71)55-82-88(76,77)84-59-65(57-81-68(73)52-45-38-30-25-21-18-17-20-24-28-35-42-49-62(4)5)86-69(74)53-46-39-31-26-22-16-14-13-15-19-23-27-34-41-48-61(2)3/h61-66,71H,8-60H2,1-7H3,(H,76,77)(H,78,79)/t64-,65-,66-/m1/s1. The van der Waals surface area contributed by atoms with Crippen LogP contribution in [-0.2, 0) is 65.4 Å². The number of carbonyl (C=O) groups is 4. The average molecular weight is 1310 g/mol. The second kappa shape index (κ2) is 61.0. The summed E-state index contributed by atoms with van der Waals surface area (Å²) in [6.07, 6.45) is 44.7. The van der Waals surface area contributed by atoms with Gasteiger partial charge in [0.1, 0.15) is 19.3 Å². The molecular formula is C70H136O17P2. The van der Waals surface area contributed by atoms with E-state index in [-0.39, 0.29) is 25.7 Å². The van der Waals surface area contributed by atoms with Crippen LogP contribution in [0.4, 0.5) is 0 Å². The first kappa shape index (κ1) is 87.1. The molecule has 0 aliphatic carbocycles. The molecule has 0 saturated heterocycles. The SMILES string of the molecule is CCCCCCCCCCC(=O)OC[C@H](COP(=O)(O)OC[C@H](O)COP(=O)(O)OC[C@@H](COC(=O)CCCCCCCCCCCCCCC(C)C)OC(=O)CCCCCCCCCCCCCCCCC(C)C)OC(=O)CCCCCCCCC(C)C. The normalized spacial score (nSPS) is 14.2. The van der Waals surface area contributed by atoms with E-state index in [1.807, 2.05) is 0 Å². The van der Waals surface area contributed by atoms with E-state index in [9.17, 15) is 43.2 Å². The van der Waals surface area contributed by atoms with Crippen molar-refractivity contribution in [1.82, 2.24) is 0 Å². The molecule has 0 aromatic heterocycles. The van der Waals surface area contributed by atoms with Crippen molar-refractivity contribution < 1.29 is 80.2 Å². The number of hydrogen-bond donors (Lipinski definition) is 3. The lowest BCUT2D eigenvalue weighted by atomic mass is 10.0. The number of phosphoric acid groups is 2. The molecule has 3 N–H and O–H groups in total. The highest BCUT2D eigenvalue weighted by molar-refractivity contribution is 7.47. The predicted molar refractivity (Wildman–Crippen MR) is 358 cm³/mol. The number of unbranched alkanes of at least 4 members (excludes halogenated alkanes) is 36. The van der Waals surface area contributed by atoms with Crippen molar-refractivity contribution in [1.29, 1.82) is 0 Å². The van der Waals surface area contributed by atoms with E-state index < -0.39 is 97.5 Å². The lowest BCUT2D eigenvalue weighted by Gasteiger charge is -2.21. The number of esters is 4. The number of rotatable bonds is 68. The summed E-state index contributed by atoms with van der Waals surface area (Å²) in [4.78, 5) is 72.4. The van der Waals surface area contributed by atoms with Gasteiger partial charge in [-0.1, -0.05) is 299 Å². The molecule has 0 bridgehead atoms. The first-order valence-corrected chi connectivity index (χ1v) is 39.3. The number of ether oxygens (including phenoxy) is 4. The third-order valence-corrected chi connectivity index (χ3v) is 18.0. The quantitative estimate of drug-likeness (QED) is 0.0222. The van der Waals surface area contributed by atoms with Crippen molar-refractivity contribution in [2.45, 2.75) is 369 Å². The highest BCUT2D eigenvalue weighted by atomic mass is 31.2. The summed E-state index contributed by atoms with van der Waals surface area (Å²) >= 11 is 0. The second-order valence-corrected chi connectivity index (χ2v) is 29.6. The summed E-state index contributed by atoms with van der Waals surface area (Å²) < 4.78 is 68.2. The van der Waals surface area contributed by atoms with Crippen LogP contribution in [0.25, 0.3) is 0 Å². The number of aliphatic hydroxyl groups excluding tert-OH is 1. The molecule has 0 fully saturated rings. The highest BCUT2D eigenvalue weighted by Gasteiger charge is 2.30. The van der Waals surface area contributed by atoms with Crippen molar-refractivity contribution in [3.05, 3.63) is 0 Å². The molecule has 0 aliphatic heterocycles. The fourth-order valence-electron chi connectivity index (χ4n) is 10.5. The van der Waals surface area contributed by atoms with E-state index in [4.69, 9.17) is 37.0 Å². The molecule has 0 saturated carbocycles. The van der Waals surface area contributed by atoms with Gasteiger partial charge in [0.25, 0.3) is 0 Å². The smallest absolute Gasteiger partial charge is 0.462 e. The van der Waals surface area contributed by atoms with Crippen molar-refractivity contribution in [3.8, 4) is 0 Å². The molecule has 0 rings (SSSR count). The van der Waals surface area contributed by atoms with Crippen LogP contribution in [0, 0.1) is 17.8 Å². The maximum atomic E-state index is 13.0. The molecule has 0 heterocycles. The molecule has 0 aliphatic rings. The molecule has 0 radical (unpaired) electrons. The van der Waals surface area contributed by atoms with Crippen LogP contribution in [0.3, 0.4) is 0 Å². The average Bonchev–Trinajstić information content (AvgIpc) is 3.60. The minimum atomic E-state index is -4.95. The molecule has 5 atom stereocenters. The van der Waals surface area contributed by atoms with E-state index in [2.05, 4.69) is 48.5 Å². The van der Waals surface area contributed by atoms with Gasteiger partial charge in [0.2, 0.25) is 0 Å². The van der Waals surface area contributed by atoms with Crippen molar-refractivity contribution in [3.63, 3.8) is 0 Å². The Bertz CT molecular complexity index is 1750. The Morgan fingerprint density at radius 2 is 0.517 bits per heavy atom. The van der Waals surface area contributed by atoms with Gasteiger partial charge in [-0.05, 0) is 43.4 Å². The van der Waals surface area contributed by atoms with Gasteiger partial charge < -0.3 is 33.8 Å². The predicted octanol–water partition coefficient (Wildman–Crippen LogP) is 19.8. The zero-order valence-corrected chi connectivity index (χ0v) is 59.7. The first-order valence-electron chi connectivity index (χ1n) is 36.3. The summed E-state index contributed by atoms with van der Waals surface area (Å²) in [5.74, 6) is 0.114. The topological polar surface area (TPSA) is 237 Å². The zero-order valence-electron chi connectivity index (χ0n) is 57.9. The molecular weight excluding hydrogens is 1170 g/mol. The first-order chi connectivity index (χ1) is 42.7. The number of carbonyl (C=O) groups excluding carboxylic acids is 4. The van der Waals surface area contributed by atoms with Crippen molar-refractivity contribution >= 4 is 39.5 Å². The van der Waals surface area contributed by atoms with Crippen LogP contribution in [0.2, 0.25) is 0 Å². The third-order valence-electron chi connectivity index (χ3n) is 16.1. The van der Waals surface area contributed by atoms with Crippen LogP contribution in [0.15, 0.2) is 0 Å². The molecule has 0 aromatic carbocycles. The van der Waals surface area contributed by atoms with Crippen LogP contribution < -0.4 is 0 Å². The molecule has 89 heavy (non-hydrogen) atoms. The Hall–Kier alpha value is -1.94. The molecule has 0 spiro atoms. The summed E-state index contributed by atoms with van der Waals surface area (Å²) in [5, 5.41) is 10.6. The maximum absolute atomic E-state index is 13.0. The lowest BCUT2D eigenvalue weighted by Crippen LogP contribution is -2.30. The van der Waals surface area contributed by atoms with Gasteiger partial charge in [0, 0.05) is 25.7 Å². The third kappa shape index (κ3) is 64.6. The van der Waals surface area contributed by atoms with E-state index in [0.29, 0.717) is 31.6 Å². The van der Waals surface area contributed by atoms with Gasteiger partial charge in [-0.25, -0.2) is 9.13 Å². The van der Waals surface area contributed by atoms with Gasteiger partial charge in [-0.15, -0.1) is 0 Å². The van der Waals surface area contributed by atoms with E-state index in [1.54, 1.807) is 0 Å². The van der Waals surface area contributed by atoms with Gasteiger partial charge in [0.05, 0.1) is 26.4 Å². The summed E-state index contributed by atoms with van der Waals surface area (Å²) in [6, 6.07) is 0. The summed E-state index contributed by atoms with van der Waals surface area (Å²) in [5.41, 5.74) is 0. The van der Waals surface area contributed by atoms with Crippen LogP contribution >= 0.6 is 15.6 Å². The fraction of sp³-hybridized carbons (Fsp3) is 0.943. The largest absolute Gasteiger partial charge is 0.472 e. The van der Waals surface area contributed by atoms with Gasteiger partial charge >= 0.3 is 39.5 Å². The Balaban J connectivity index is 5.21. The zero-order chi connectivity index (χ0) is 65.9. The monoisotopic (exact) mass is 1310 g/mol. The lowest BCUT2D eigenvalue weighted by molar-refractivity contribution is -0.161. The molecule has 19 heteroatoms. The Morgan fingerprint density at radius 3 is 0.764 bits per heavy atom. The minimum Gasteiger partial charge on any atom is -0.462 e. The second-order valence-electron chi connectivity index (χ2n) is 26.7. The molecule has 17 nitrogen and oxygen atoms in total. The Kier molecular flexibility index (Phi) is 59.6. The van der Waals surface area contributed by atoms with Crippen LogP contribution in [-0.4, -0.2) is 96.7 Å². The van der Waals surface area contributed by atoms with Crippen molar-refractivity contribution in [2.24, 2.45) is 17.8 Å². The minimum absolute atomic E-state index is 0.102.